The standard InChI is InChI=1S/C27H24N4OS2/c1-18-19(17-34-27-30-23-10-4-5-11-24(23)31-27)7-6-12-25(18)33-16-15-29-26(32)21-13-14-28-22-9-3-2-8-20(21)22/h2-14H,15-17H2,1H3,(H,29,32)(H,30,31). The molecule has 0 bridgehead atoms. The third kappa shape index (κ3) is 4.95. The number of rotatable bonds is 8. The van der Waals surface area contributed by atoms with Crippen LogP contribution in [0.3, 0.4) is 0 Å². The van der Waals surface area contributed by atoms with E-state index in [9.17, 15) is 4.79 Å². The average molecular weight is 485 g/mol. The number of aromatic nitrogens is 3. The third-order valence-electron chi connectivity index (χ3n) is 5.67. The van der Waals surface area contributed by atoms with Crippen molar-refractivity contribution in [3.8, 4) is 0 Å². The summed E-state index contributed by atoms with van der Waals surface area (Å²) in [4.78, 5) is 26.3. The van der Waals surface area contributed by atoms with Gasteiger partial charge in [-0.05, 0) is 48.4 Å². The van der Waals surface area contributed by atoms with Gasteiger partial charge in [-0.15, -0.1) is 11.8 Å². The molecule has 2 heterocycles. The van der Waals surface area contributed by atoms with Crippen molar-refractivity contribution in [2.45, 2.75) is 22.7 Å². The van der Waals surface area contributed by atoms with Crippen molar-refractivity contribution < 1.29 is 4.79 Å². The first-order valence-electron chi connectivity index (χ1n) is 11.1. The van der Waals surface area contributed by atoms with Crippen LogP contribution in [-0.4, -0.2) is 33.2 Å². The van der Waals surface area contributed by atoms with Crippen LogP contribution in [-0.2, 0) is 5.75 Å². The van der Waals surface area contributed by atoms with E-state index in [1.807, 2.05) is 48.5 Å². The number of imidazole rings is 1. The number of nitrogens with zero attached hydrogens (tertiary/aromatic N) is 2. The number of hydrogen-bond acceptors (Lipinski definition) is 5. The van der Waals surface area contributed by atoms with Crippen LogP contribution in [0.15, 0.2) is 89.0 Å². The molecular weight excluding hydrogens is 460 g/mol. The first kappa shape index (κ1) is 22.5. The van der Waals surface area contributed by atoms with Gasteiger partial charge in [0.1, 0.15) is 0 Å². The van der Waals surface area contributed by atoms with E-state index >= 15 is 0 Å². The van der Waals surface area contributed by atoms with Gasteiger partial charge in [0.2, 0.25) is 0 Å². The topological polar surface area (TPSA) is 70.7 Å². The number of benzene rings is 3. The molecule has 5 aromatic rings. The Labute approximate surface area is 206 Å². The minimum Gasteiger partial charge on any atom is -0.351 e. The van der Waals surface area contributed by atoms with Crippen molar-refractivity contribution in [1.82, 2.24) is 20.3 Å². The molecule has 5 nitrogen and oxygen atoms in total. The van der Waals surface area contributed by atoms with Gasteiger partial charge in [-0.1, -0.05) is 54.2 Å². The molecule has 0 spiro atoms. The fraction of sp³-hybridized carbons (Fsp3) is 0.148. The Morgan fingerprint density at radius 3 is 2.65 bits per heavy atom. The zero-order chi connectivity index (χ0) is 23.3. The third-order valence-corrected chi connectivity index (χ3v) is 7.75. The maximum atomic E-state index is 12.7. The first-order valence-corrected chi connectivity index (χ1v) is 13.1. The van der Waals surface area contributed by atoms with Crippen LogP contribution in [0.1, 0.15) is 21.5 Å². The molecule has 0 unspecified atom stereocenters. The minimum absolute atomic E-state index is 0.0630. The Bertz CT molecular complexity index is 1430. The number of carbonyl (C=O) groups is 1. The van der Waals surface area contributed by atoms with Crippen LogP contribution >= 0.6 is 23.5 Å². The van der Waals surface area contributed by atoms with Crippen molar-refractivity contribution >= 4 is 51.4 Å². The van der Waals surface area contributed by atoms with Gasteiger partial charge in [0.15, 0.2) is 5.16 Å². The van der Waals surface area contributed by atoms with E-state index in [0.29, 0.717) is 12.1 Å². The molecule has 2 N–H and O–H groups in total. The number of amides is 1. The Morgan fingerprint density at radius 2 is 1.76 bits per heavy atom. The van der Waals surface area contributed by atoms with Gasteiger partial charge in [-0.25, -0.2) is 4.98 Å². The molecule has 2 aromatic heterocycles. The molecule has 34 heavy (non-hydrogen) atoms. The molecule has 0 fully saturated rings. The highest BCUT2D eigenvalue weighted by Crippen LogP contribution is 2.29. The Hall–Kier alpha value is -3.29. The van der Waals surface area contributed by atoms with E-state index in [1.54, 1.807) is 35.8 Å². The van der Waals surface area contributed by atoms with Gasteiger partial charge in [0.25, 0.3) is 5.91 Å². The molecule has 0 aliphatic carbocycles. The maximum absolute atomic E-state index is 12.7. The average Bonchev–Trinajstić information content (AvgIpc) is 3.29. The summed E-state index contributed by atoms with van der Waals surface area (Å²) >= 11 is 3.48. The number of thioether (sulfide) groups is 2. The minimum atomic E-state index is -0.0630. The molecule has 0 saturated heterocycles. The van der Waals surface area contributed by atoms with Crippen LogP contribution in [0, 0.1) is 6.92 Å². The lowest BCUT2D eigenvalue weighted by atomic mass is 10.1. The molecule has 0 aliphatic rings. The maximum Gasteiger partial charge on any atom is 0.252 e. The van der Waals surface area contributed by atoms with E-state index < -0.39 is 0 Å². The highest BCUT2D eigenvalue weighted by molar-refractivity contribution is 7.99. The molecule has 5 rings (SSSR count). The second-order valence-corrected chi connectivity index (χ2v) is 9.97. The normalized spacial score (nSPS) is 11.2. The number of fused-ring (bicyclic) bond motifs is 2. The first-order chi connectivity index (χ1) is 16.7. The lowest BCUT2D eigenvalue weighted by Crippen LogP contribution is -2.26. The van der Waals surface area contributed by atoms with E-state index in [0.717, 1.165) is 38.6 Å². The van der Waals surface area contributed by atoms with Gasteiger partial charge in [-0.2, -0.15) is 0 Å². The van der Waals surface area contributed by atoms with Crippen molar-refractivity contribution in [3.05, 3.63) is 95.7 Å². The van der Waals surface area contributed by atoms with Gasteiger partial charge in [-0.3, -0.25) is 9.78 Å². The van der Waals surface area contributed by atoms with Crippen LogP contribution < -0.4 is 5.32 Å². The largest absolute Gasteiger partial charge is 0.351 e. The van der Waals surface area contributed by atoms with Crippen molar-refractivity contribution in [2.75, 3.05) is 12.3 Å². The summed E-state index contributed by atoms with van der Waals surface area (Å²) in [5, 5.41) is 4.86. The Morgan fingerprint density at radius 1 is 0.941 bits per heavy atom. The summed E-state index contributed by atoms with van der Waals surface area (Å²) in [6.45, 7) is 2.76. The van der Waals surface area contributed by atoms with Gasteiger partial charge in [0, 0.05) is 34.5 Å². The zero-order valence-corrected chi connectivity index (χ0v) is 20.4. The smallest absolute Gasteiger partial charge is 0.252 e. The second-order valence-electron chi connectivity index (χ2n) is 7.87. The number of hydrogen-bond donors (Lipinski definition) is 2. The second kappa shape index (κ2) is 10.3. The number of para-hydroxylation sites is 3. The molecule has 170 valence electrons. The highest BCUT2D eigenvalue weighted by Gasteiger charge is 2.11. The molecule has 1 amide bonds. The number of aromatic amines is 1. The molecular formula is C27H24N4OS2. The lowest BCUT2D eigenvalue weighted by molar-refractivity contribution is 0.0957. The monoisotopic (exact) mass is 484 g/mol. The number of nitrogens with one attached hydrogen (secondary N) is 2. The lowest BCUT2D eigenvalue weighted by Gasteiger charge is -2.11. The number of H-pyrrole nitrogens is 1. The fourth-order valence-corrected chi connectivity index (χ4v) is 5.73. The predicted octanol–water partition coefficient (Wildman–Crippen LogP) is 6.23. The Kier molecular flexibility index (Phi) is 6.83. The molecule has 0 atom stereocenters. The summed E-state index contributed by atoms with van der Waals surface area (Å²) in [5.74, 6) is 1.59. The Balaban J connectivity index is 1.17. The van der Waals surface area contributed by atoms with Crippen molar-refractivity contribution in [2.24, 2.45) is 0 Å². The van der Waals surface area contributed by atoms with Crippen LogP contribution in [0.4, 0.5) is 0 Å². The van der Waals surface area contributed by atoms with E-state index in [2.05, 4.69) is 45.4 Å². The van der Waals surface area contributed by atoms with Crippen LogP contribution in [0.5, 0.6) is 0 Å². The summed E-state index contributed by atoms with van der Waals surface area (Å²) in [6, 6.07) is 24.0. The van der Waals surface area contributed by atoms with Gasteiger partial charge >= 0.3 is 0 Å². The summed E-state index contributed by atoms with van der Waals surface area (Å²) < 4.78 is 0. The predicted molar refractivity (Wildman–Crippen MR) is 142 cm³/mol. The van der Waals surface area contributed by atoms with Crippen LogP contribution in [0.2, 0.25) is 0 Å². The van der Waals surface area contributed by atoms with Crippen LogP contribution in [0.25, 0.3) is 21.9 Å². The van der Waals surface area contributed by atoms with E-state index in [1.165, 1.54) is 16.0 Å². The quantitative estimate of drug-likeness (QED) is 0.202. The molecule has 7 heteroatoms. The molecule has 0 saturated carbocycles. The summed E-state index contributed by atoms with van der Waals surface area (Å²) in [5.41, 5.74) is 6.12. The number of pyridine rings is 1. The fourth-order valence-electron chi connectivity index (χ4n) is 3.83. The zero-order valence-electron chi connectivity index (χ0n) is 18.7. The SMILES string of the molecule is Cc1c(CSc2nc3ccccc3[nH]2)cccc1SCCNC(=O)c1ccnc2ccccc12. The molecule has 0 radical (unpaired) electrons. The summed E-state index contributed by atoms with van der Waals surface area (Å²) in [6.07, 6.45) is 1.68. The van der Waals surface area contributed by atoms with Crippen molar-refractivity contribution in [1.29, 1.82) is 0 Å². The summed E-state index contributed by atoms with van der Waals surface area (Å²) in [7, 11) is 0. The van der Waals surface area contributed by atoms with Gasteiger partial charge < -0.3 is 10.3 Å². The highest BCUT2D eigenvalue weighted by atomic mass is 32.2. The molecule has 3 aromatic carbocycles. The van der Waals surface area contributed by atoms with E-state index in [-0.39, 0.29) is 5.91 Å². The van der Waals surface area contributed by atoms with Crippen molar-refractivity contribution in [3.63, 3.8) is 0 Å². The molecule has 0 aliphatic heterocycles. The van der Waals surface area contributed by atoms with E-state index in [4.69, 9.17) is 0 Å². The number of carbonyl (C=O) groups excluding carboxylic acids is 1. The van der Waals surface area contributed by atoms with Gasteiger partial charge in [0.05, 0.1) is 22.1 Å².